The number of carbonyl (C=O) groups is 3. The third-order valence-corrected chi connectivity index (χ3v) is 4.66. The van der Waals surface area contributed by atoms with Crippen molar-refractivity contribution in [3.05, 3.63) is 11.8 Å². The Morgan fingerprint density at radius 2 is 1.80 bits per heavy atom. The van der Waals surface area contributed by atoms with E-state index in [-0.39, 0.29) is 17.4 Å². The molecule has 0 aromatic carbocycles. The van der Waals surface area contributed by atoms with Crippen molar-refractivity contribution in [3.63, 3.8) is 0 Å². The molecule has 0 bridgehead atoms. The van der Waals surface area contributed by atoms with Gasteiger partial charge in [-0.1, -0.05) is 20.8 Å². The van der Waals surface area contributed by atoms with Crippen LogP contribution in [0.25, 0.3) is 0 Å². The van der Waals surface area contributed by atoms with Crippen LogP contribution < -0.4 is 0 Å². The summed E-state index contributed by atoms with van der Waals surface area (Å²) in [4.78, 5) is 35.1. The van der Waals surface area contributed by atoms with Crippen molar-refractivity contribution in [1.29, 1.82) is 0 Å². The van der Waals surface area contributed by atoms with Crippen molar-refractivity contribution in [2.75, 3.05) is 0 Å². The van der Waals surface area contributed by atoms with Crippen LogP contribution in [0.3, 0.4) is 0 Å². The van der Waals surface area contributed by atoms with E-state index in [1.165, 1.54) is 6.26 Å². The van der Waals surface area contributed by atoms with Crippen LogP contribution in [0, 0.1) is 17.8 Å². The predicted octanol–water partition coefficient (Wildman–Crippen LogP) is 2.68. The molecule has 0 aromatic heterocycles. The van der Waals surface area contributed by atoms with E-state index in [0.29, 0.717) is 12.3 Å². The van der Waals surface area contributed by atoms with E-state index in [1.54, 1.807) is 0 Å². The summed E-state index contributed by atoms with van der Waals surface area (Å²) in [6.07, 6.45) is 2.28. The van der Waals surface area contributed by atoms with Gasteiger partial charge in [-0.15, -0.1) is 0 Å². The average molecular weight is 354 g/mol. The lowest BCUT2D eigenvalue weighted by Gasteiger charge is -2.47. The van der Waals surface area contributed by atoms with Gasteiger partial charge in [0.15, 0.2) is 5.57 Å². The molecule has 1 heterocycles. The predicted molar refractivity (Wildman–Crippen MR) is 86.7 cm³/mol. The largest absolute Gasteiger partial charge is 0.459 e. The van der Waals surface area contributed by atoms with Gasteiger partial charge in [-0.05, 0) is 24.7 Å². The Labute approximate surface area is 147 Å². The summed E-state index contributed by atoms with van der Waals surface area (Å²) >= 11 is 0. The van der Waals surface area contributed by atoms with E-state index in [4.69, 9.17) is 18.9 Å². The van der Waals surface area contributed by atoms with Crippen LogP contribution in [0.15, 0.2) is 11.8 Å². The van der Waals surface area contributed by atoms with Gasteiger partial charge in [-0.2, -0.15) is 0 Å². The van der Waals surface area contributed by atoms with Crippen LogP contribution in [0.5, 0.6) is 0 Å². The van der Waals surface area contributed by atoms with Gasteiger partial charge >= 0.3 is 17.9 Å². The SMILES string of the molecule is CC(=O)OC(OC(C)=O)C1=CO[C@@]2(CC(C)CCC2C(C)C)OC1=O. The van der Waals surface area contributed by atoms with Crippen LogP contribution in [0.2, 0.25) is 0 Å². The number of hydrogen-bond acceptors (Lipinski definition) is 7. The van der Waals surface area contributed by atoms with Crippen molar-refractivity contribution in [2.24, 2.45) is 17.8 Å². The van der Waals surface area contributed by atoms with Crippen LogP contribution in [-0.4, -0.2) is 30.0 Å². The summed E-state index contributed by atoms with van der Waals surface area (Å²) in [5.74, 6) is -2.41. The number of rotatable bonds is 4. The Bertz CT molecular complexity index is 564. The Balaban J connectivity index is 2.28. The molecule has 0 radical (unpaired) electrons. The second kappa shape index (κ2) is 7.45. The second-order valence-electron chi connectivity index (χ2n) is 7.18. The highest BCUT2D eigenvalue weighted by Crippen LogP contribution is 2.46. The maximum Gasteiger partial charge on any atom is 0.348 e. The molecule has 2 rings (SSSR count). The third kappa shape index (κ3) is 4.32. The molecular weight excluding hydrogens is 328 g/mol. The van der Waals surface area contributed by atoms with Gasteiger partial charge in [-0.25, -0.2) is 4.79 Å². The fourth-order valence-electron chi connectivity index (χ4n) is 3.57. The standard InChI is InChI=1S/C18H26O7/c1-10(2)15-7-6-11(3)8-18(15)22-9-14(16(21)25-18)17(23-12(4)19)24-13(5)20/h9-11,15,17H,6-8H2,1-5H3/t11?,15?,18-/m0/s1. The summed E-state index contributed by atoms with van der Waals surface area (Å²) in [7, 11) is 0. The van der Waals surface area contributed by atoms with Gasteiger partial charge in [0.25, 0.3) is 12.1 Å². The first-order valence-corrected chi connectivity index (χ1v) is 8.60. The fourth-order valence-corrected chi connectivity index (χ4v) is 3.57. The van der Waals surface area contributed by atoms with Crippen LogP contribution in [-0.2, 0) is 33.3 Å². The number of hydrogen-bond donors (Lipinski definition) is 0. The average Bonchev–Trinajstić information content (AvgIpc) is 2.45. The lowest BCUT2D eigenvalue weighted by molar-refractivity contribution is -0.266. The summed E-state index contributed by atoms with van der Waals surface area (Å²) < 4.78 is 21.4. The van der Waals surface area contributed by atoms with Crippen LogP contribution in [0.4, 0.5) is 0 Å². The Kier molecular flexibility index (Phi) is 5.75. The molecule has 7 heteroatoms. The molecule has 2 unspecified atom stereocenters. The molecule has 1 spiro atoms. The first-order valence-electron chi connectivity index (χ1n) is 8.60. The maximum atomic E-state index is 12.6. The molecule has 1 fully saturated rings. The van der Waals surface area contributed by atoms with E-state index in [0.717, 1.165) is 26.7 Å². The van der Waals surface area contributed by atoms with Crippen molar-refractivity contribution >= 4 is 17.9 Å². The molecule has 0 amide bonds. The molecule has 2 aliphatic rings. The van der Waals surface area contributed by atoms with Gasteiger partial charge in [0.1, 0.15) is 6.26 Å². The number of carbonyl (C=O) groups excluding carboxylic acids is 3. The monoisotopic (exact) mass is 354 g/mol. The lowest BCUT2D eigenvalue weighted by Crippen LogP contribution is -2.53. The highest BCUT2D eigenvalue weighted by Gasteiger charge is 2.52. The molecule has 3 atom stereocenters. The quantitative estimate of drug-likeness (QED) is 0.566. The van der Waals surface area contributed by atoms with E-state index < -0.39 is 30.0 Å². The minimum atomic E-state index is -1.47. The maximum absolute atomic E-state index is 12.6. The van der Waals surface area contributed by atoms with E-state index in [9.17, 15) is 14.4 Å². The van der Waals surface area contributed by atoms with Crippen molar-refractivity contribution in [1.82, 2.24) is 0 Å². The summed E-state index contributed by atoms with van der Waals surface area (Å²) in [5, 5.41) is 0. The van der Waals surface area contributed by atoms with Gasteiger partial charge < -0.3 is 18.9 Å². The van der Waals surface area contributed by atoms with Gasteiger partial charge in [0.05, 0.1) is 0 Å². The van der Waals surface area contributed by atoms with Crippen molar-refractivity contribution in [2.45, 2.75) is 66.0 Å². The molecule has 1 aliphatic heterocycles. The fraction of sp³-hybridized carbons (Fsp3) is 0.722. The molecule has 7 nitrogen and oxygen atoms in total. The molecule has 1 saturated carbocycles. The van der Waals surface area contributed by atoms with Crippen molar-refractivity contribution < 1.29 is 33.3 Å². The van der Waals surface area contributed by atoms with Gasteiger partial charge in [0, 0.05) is 26.2 Å². The summed E-state index contributed by atoms with van der Waals surface area (Å²) in [6.45, 7) is 8.55. The zero-order valence-electron chi connectivity index (χ0n) is 15.4. The minimum absolute atomic E-state index is 0.0614. The summed E-state index contributed by atoms with van der Waals surface area (Å²) in [5.41, 5.74) is -0.142. The molecule has 1 aliphatic carbocycles. The van der Waals surface area contributed by atoms with E-state index in [2.05, 4.69) is 20.8 Å². The molecule has 0 aromatic rings. The van der Waals surface area contributed by atoms with E-state index >= 15 is 0 Å². The number of esters is 3. The smallest absolute Gasteiger partial charge is 0.348 e. The zero-order valence-corrected chi connectivity index (χ0v) is 15.4. The Morgan fingerprint density at radius 1 is 1.20 bits per heavy atom. The third-order valence-electron chi connectivity index (χ3n) is 4.66. The molecule has 140 valence electrons. The second-order valence-corrected chi connectivity index (χ2v) is 7.18. The Morgan fingerprint density at radius 3 is 2.28 bits per heavy atom. The highest BCUT2D eigenvalue weighted by atomic mass is 16.7. The van der Waals surface area contributed by atoms with Gasteiger partial charge in [-0.3, -0.25) is 9.59 Å². The normalized spacial score (nSPS) is 29.1. The van der Waals surface area contributed by atoms with Gasteiger partial charge in [0.2, 0.25) is 0 Å². The van der Waals surface area contributed by atoms with Crippen LogP contribution >= 0.6 is 0 Å². The lowest BCUT2D eigenvalue weighted by atomic mass is 9.72. The summed E-state index contributed by atoms with van der Waals surface area (Å²) in [6, 6.07) is 0. The number of ether oxygens (including phenoxy) is 4. The van der Waals surface area contributed by atoms with Crippen LogP contribution in [0.1, 0.15) is 53.9 Å². The zero-order chi connectivity index (χ0) is 18.8. The highest BCUT2D eigenvalue weighted by molar-refractivity contribution is 5.90. The van der Waals surface area contributed by atoms with Crippen molar-refractivity contribution in [3.8, 4) is 0 Å². The topological polar surface area (TPSA) is 88.1 Å². The van der Waals surface area contributed by atoms with E-state index in [1.807, 2.05) is 0 Å². The molecule has 25 heavy (non-hydrogen) atoms. The first kappa shape index (κ1) is 19.3. The molecule has 0 saturated heterocycles. The minimum Gasteiger partial charge on any atom is -0.459 e. The first-order chi connectivity index (χ1) is 11.6. The Hall–Kier alpha value is -2.05. The molecular formula is C18H26O7. The molecule has 0 N–H and O–H groups in total.